The Labute approximate surface area is 197 Å². The summed E-state index contributed by atoms with van der Waals surface area (Å²) in [5.74, 6) is 1.18. The zero-order chi connectivity index (χ0) is 22.3. The Morgan fingerprint density at radius 3 is 2.12 bits per heavy atom. The van der Waals surface area contributed by atoms with E-state index in [1.165, 1.54) is 42.6 Å². The smallest absolute Gasteiger partial charge is 0.223 e. The van der Waals surface area contributed by atoms with Crippen LogP contribution < -0.4 is 5.32 Å². The molecule has 0 unspecified atom stereocenters. The van der Waals surface area contributed by atoms with Crippen molar-refractivity contribution in [2.24, 2.45) is 11.8 Å². The van der Waals surface area contributed by atoms with Crippen LogP contribution in [0.4, 0.5) is 0 Å². The second kappa shape index (κ2) is 11.3. The molecule has 2 fully saturated rings. The summed E-state index contributed by atoms with van der Waals surface area (Å²) in [5.41, 5.74) is 3.77. The molecule has 1 N–H and O–H groups in total. The predicted molar refractivity (Wildman–Crippen MR) is 131 cm³/mol. The summed E-state index contributed by atoms with van der Waals surface area (Å²) in [6.07, 6.45) is 4.45. The SMILES string of the molecule is CC1CCN(Cc2ccc(CNC(=O)C3CCN(Cc4cccc(Cl)c4)CC3)cc2)CC1. The molecule has 0 atom stereocenters. The number of rotatable bonds is 7. The molecule has 2 saturated heterocycles. The first-order valence-electron chi connectivity index (χ1n) is 12.1. The van der Waals surface area contributed by atoms with Crippen molar-refractivity contribution in [3.63, 3.8) is 0 Å². The fourth-order valence-electron chi connectivity index (χ4n) is 4.82. The lowest BCUT2D eigenvalue weighted by molar-refractivity contribution is -0.126. The maximum absolute atomic E-state index is 12.7. The Balaban J connectivity index is 1.17. The van der Waals surface area contributed by atoms with Gasteiger partial charge in [0.25, 0.3) is 0 Å². The van der Waals surface area contributed by atoms with E-state index in [-0.39, 0.29) is 11.8 Å². The van der Waals surface area contributed by atoms with Gasteiger partial charge in [-0.3, -0.25) is 14.6 Å². The van der Waals surface area contributed by atoms with Crippen LogP contribution in [0.3, 0.4) is 0 Å². The van der Waals surface area contributed by atoms with Crippen molar-refractivity contribution in [2.75, 3.05) is 26.2 Å². The number of nitrogens with zero attached hydrogens (tertiary/aromatic N) is 2. The molecule has 32 heavy (non-hydrogen) atoms. The molecule has 0 aromatic heterocycles. The number of carbonyl (C=O) groups is 1. The van der Waals surface area contributed by atoms with Crippen molar-refractivity contribution in [1.82, 2.24) is 15.1 Å². The van der Waals surface area contributed by atoms with Gasteiger partial charge in [-0.2, -0.15) is 0 Å². The normalized spacial score (nSPS) is 19.2. The van der Waals surface area contributed by atoms with Crippen LogP contribution in [0.5, 0.6) is 0 Å². The molecule has 0 spiro atoms. The fourth-order valence-corrected chi connectivity index (χ4v) is 5.03. The molecule has 2 aromatic rings. The van der Waals surface area contributed by atoms with Gasteiger partial charge in [-0.05, 0) is 86.6 Å². The van der Waals surface area contributed by atoms with Crippen LogP contribution in [-0.4, -0.2) is 41.9 Å². The Kier molecular flexibility index (Phi) is 8.23. The first-order chi connectivity index (χ1) is 15.5. The van der Waals surface area contributed by atoms with E-state index < -0.39 is 0 Å². The van der Waals surface area contributed by atoms with Gasteiger partial charge in [0.1, 0.15) is 0 Å². The van der Waals surface area contributed by atoms with Gasteiger partial charge in [0.2, 0.25) is 5.91 Å². The monoisotopic (exact) mass is 453 g/mol. The van der Waals surface area contributed by atoms with Crippen LogP contribution in [0, 0.1) is 11.8 Å². The summed E-state index contributed by atoms with van der Waals surface area (Å²) in [4.78, 5) is 17.6. The van der Waals surface area contributed by atoms with E-state index in [4.69, 9.17) is 11.6 Å². The molecule has 0 bridgehead atoms. The number of hydrogen-bond donors (Lipinski definition) is 1. The predicted octanol–water partition coefficient (Wildman–Crippen LogP) is 5.10. The summed E-state index contributed by atoms with van der Waals surface area (Å²) in [5, 5.41) is 3.94. The molecule has 1 amide bonds. The molecule has 172 valence electrons. The lowest BCUT2D eigenvalue weighted by Crippen LogP contribution is -2.40. The zero-order valence-corrected chi connectivity index (χ0v) is 20.0. The Bertz CT molecular complexity index is 869. The molecule has 2 heterocycles. The third kappa shape index (κ3) is 6.81. The van der Waals surface area contributed by atoms with E-state index in [9.17, 15) is 4.79 Å². The first-order valence-corrected chi connectivity index (χ1v) is 12.5. The van der Waals surface area contributed by atoms with E-state index in [0.29, 0.717) is 6.54 Å². The van der Waals surface area contributed by atoms with Crippen molar-refractivity contribution in [3.8, 4) is 0 Å². The van der Waals surface area contributed by atoms with Gasteiger partial charge in [-0.15, -0.1) is 0 Å². The van der Waals surface area contributed by atoms with Crippen LogP contribution >= 0.6 is 11.6 Å². The van der Waals surface area contributed by atoms with Crippen LogP contribution in [0.25, 0.3) is 0 Å². The highest BCUT2D eigenvalue weighted by Crippen LogP contribution is 2.21. The lowest BCUT2D eigenvalue weighted by Gasteiger charge is -2.31. The van der Waals surface area contributed by atoms with Crippen molar-refractivity contribution >= 4 is 17.5 Å². The molecule has 0 radical (unpaired) electrons. The second-order valence-electron chi connectivity index (χ2n) is 9.67. The highest BCUT2D eigenvalue weighted by molar-refractivity contribution is 6.30. The van der Waals surface area contributed by atoms with Crippen LogP contribution in [0.15, 0.2) is 48.5 Å². The summed E-state index contributed by atoms with van der Waals surface area (Å²) >= 11 is 6.10. The van der Waals surface area contributed by atoms with Crippen molar-refractivity contribution in [3.05, 3.63) is 70.2 Å². The number of halogens is 1. The summed E-state index contributed by atoms with van der Waals surface area (Å²) in [6, 6.07) is 16.8. The van der Waals surface area contributed by atoms with Crippen LogP contribution in [-0.2, 0) is 24.4 Å². The molecule has 5 heteroatoms. The van der Waals surface area contributed by atoms with Gasteiger partial charge < -0.3 is 5.32 Å². The summed E-state index contributed by atoms with van der Waals surface area (Å²) < 4.78 is 0. The molecule has 0 saturated carbocycles. The minimum atomic E-state index is 0.117. The largest absolute Gasteiger partial charge is 0.352 e. The van der Waals surface area contributed by atoms with Gasteiger partial charge in [-0.25, -0.2) is 0 Å². The number of amides is 1. The van der Waals surface area contributed by atoms with Crippen molar-refractivity contribution in [1.29, 1.82) is 0 Å². The third-order valence-corrected chi connectivity index (χ3v) is 7.26. The molecular formula is C27H36ClN3O. The second-order valence-corrected chi connectivity index (χ2v) is 10.1. The highest BCUT2D eigenvalue weighted by Gasteiger charge is 2.24. The lowest BCUT2D eigenvalue weighted by atomic mass is 9.95. The fraction of sp³-hybridized carbons (Fsp3) is 0.519. The molecule has 4 rings (SSSR count). The molecule has 4 nitrogen and oxygen atoms in total. The van der Waals surface area contributed by atoms with Gasteiger partial charge >= 0.3 is 0 Å². The average molecular weight is 454 g/mol. The molecule has 0 aliphatic carbocycles. The number of carbonyl (C=O) groups excluding carboxylic acids is 1. The van der Waals surface area contributed by atoms with E-state index in [1.54, 1.807) is 0 Å². The van der Waals surface area contributed by atoms with E-state index >= 15 is 0 Å². The number of hydrogen-bond acceptors (Lipinski definition) is 3. The number of nitrogens with one attached hydrogen (secondary N) is 1. The van der Waals surface area contributed by atoms with Crippen molar-refractivity contribution < 1.29 is 4.79 Å². The first kappa shape index (κ1) is 23.3. The minimum Gasteiger partial charge on any atom is -0.352 e. The van der Waals surface area contributed by atoms with Gasteiger partial charge in [-0.1, -0.05) is 54.9 Å². The quantitative estimate of drug-likeness (QED) is 0.633. The standard InChI is InChI=1S/C27H36ClN3O/c1-21-9-13-30(14-10-21)19-23-7-5-22(6-8-23)18-29-27(32)25-11-15-31(16-12-25)20-24-3-2-4-26(28)17-24/h2-8,17,21,25H,9-16,18-20H2,1H3,(H,29,32). The van der Waals surface area contributed by atoms with Gasteiger partial charge in [0.05, 0.1) is 0 Å². The van der Waals surface area contributed by atoms with E-state index in [1.807, 2.05) is 18.2 Å². The van der Waals surface area contributed by atoms with E-state index in [2.05, 4.69) is 52.4 Å². The number of likely N-dealkylation sites (tertiary alicyclic amines) is 2. The van der Waals surface area contributed by atoms with Gasteiger partial charge in [0.15, 0.2) is 0 Å². The number of piperidine rings is 2. The Hall–Kier alpha value is -1.88. The Morgan fingerprint density at radius 2 is 1.47 bits per heavy atom. The van der Waals surface area contributed by atoms with Gasteiger partial charge in [0, 0.05) is 30.6 Å². The Morgan fingerprint density at radius 1 is 0.875 bits per heavy atom. The van der Waals surface area contributed by atoms with Crippen LogP contribution in [0.2, 0.25) is 5.02 Å². The molecular weight excluding hydrogens is 418 g/mol. The molecule has 2 aromatic carbocycles. The van der Waals surface area contributed by atoms with Crippen molar-refractivity contribution in [2.45, 2.75) is 52.2 Å². The molecule has 2 aliphatic heterocycles. The minimum absolute atomic E-state index is 0.117. The van der Waals surface area contributed by atoms with Crippen LogP contribution in [0.1, 0.15) is 49.3 Å². The topological polar surface area (TPSA) is 35.6 Å². The highest BCUT2D eigenvalue weighted by atomic mass is 35.5. The maximum Gasteiger partial charge on any atom is 0.223 e. The summed E-state index contributed by atoms with van der Waals surface area (Å²) in [7, 11) is 0. The van der Waals surface area contributed by atoms with E-state index in [0.717, 1.165) is 50.0 Å². The molecule has 2 aliphatic rings. The summed E-state index contributed by atoms with van der Waals surface area (Å²) in [6.45, 7) is 9.22. The zero-order valence-electron chi connectivity index (χ0n) is 19.2. The third-order valence-electron chi connectivity index (χ3n) is 7.03. The average Bonchev–Trinajstić information content (AvgIpc) is 2.80. The number of benzene rings is 2. The maximum atomic E-state index is 12.7.